The Hall–Kier alpha value is -9.34. The highest BCUT2D eigenvalue weighted by Crippen LogP contribution is 2.01. The second-order valence-corrected chi connectivity index (χ2v) is 13.4. The molecular formula is C44H38N10O12. The van der Waals surface area contributed by atoms with Crippen molar-refractivity contribution in [2.45, 2.75) is 20.8 Å². The van der Waals surface area contributed by atoms with Crippen molar-refractivity contribution >= 4 is 57.9 Å². The molecule has 8 rings (SSSR count). The summed E-state index contributed by atoms with van der Waals surface area (Å²) in [5.41, 5.74) is -0.0117. The van der Waals surface area contributed by atoms with Gasteiger partial charge in [0.05, 0.1) is 13.2 Å². The first-order chi connectivity index (χ1) is 31.6. The predicted octanol–water partition coefficient (Wildman–Crippen LogP) is 1.29. The number of carboxylic acid groups (broad SMARTS) is 1. The lowest BCUT2D eigenvalue weighted by molar-refractivity contribution is -0.135. The Bertz CT molecular complexity index is 3280. The number of nitrogens with one attached hydrogen (secondary N) is 2. The van der Waals surface area contributed by atoms with E-state index in [0.29, 0.717) is 22.6 Å². The van der Waals surface area contributed by atoms with E-state index in [2.05, 4.69) is 30.6 Å². The zero-order valence-corrected chi connectivity index (χ0v) is 35.2. The van der Waals surface area contributed by atoms with Crippen molar-refractivity contribution < 1.29 is 38.6 Å². The number of Topliss-reactive ketones (excluding diaryl/α,β-unsaturated/α-hetero) is 2. The fourth-order valence-corrected chi connectivity index (χ4v) is 5.56. The lowest BCUT2D eigenvalue weighted by Gasteiger charge is -2.04. The van der Waals surface area contributed by atoms with Crippen LogP contribution in [0.3, 0.4) is 0 Å². The topological polar surface area (TPSA) is 293 Å². The summed E-state index contributed by atoms with van der Waals surface area (Å²) >= 11 is 0. The second kappa shape index (κ2) is 22.1. The molecule has 66 heavy (non-hydrogen) atoms. The number of ketones is 2. The molecule has 0 atom stereocenters. The lowest BCUT2D eigenvalue weighted by Crippen LogP contribution is -2.34. The van der Waals surface area contributed by atoms with Gasteiger partial charge in [0.2, 0.25) is 0 Å². The number of aliphatic carboxylic acids is 1. The van der Waals surface area contributed by atoms with Gasteiger partial charge in [-0.05, 0) is 69.3 Å². The Balaban J connectivity index is 0.000000166. The molecule has 0 saturated heterocycles. The third-order valence-electron chi connectivity index (χ3n) is 8.72. The van der Waals surface area contributed by atoms with Gasteiger partial charge in [0.25, 0.3) is 34.1 Å². The smallest absolute Gasteiger partial charge is 0.345 e. The van der Waals surface area contributed by atoms with Crippen molar-refractivity contribution in [3.63, 3.8) is 0 Å². The zero-order valence-electron chi connectivity index (χ0n) is 35.2. The van der Waals surface area contributed by atoms with Gasteiger partial charge in [-0.25, -0.2) is 24.7 Å². The van der Waals surface area contributed by atoms with Gasteiger partial charge in [-0.3, -0.25) is 60.8 Å². The van der Waals surface area contributed by atoms with Crippen LogP contribution in [-0.4, -0.2) is 97.7 Å². The zero-order chi connectivity index (χ0) is 47.9. The number of carbonyl (C=O) groups is 6. The molecule has 0 fully saturated rings. The SMILES string of the molecule is CC(=O)CNC(=O)c1cnc2ccccn2c1=O.CC(=O)c1cnc2ccccn2c1=O.CCOC(=O)c1cnc2ccccn2c1=O.O=C(O)CNC(=O)c1cnc2ccccn2c1=O. The molecule has 0 radical (unpaired) electrons. The molecule has 0 saturated carbocycles. The van der Waals surface area contributed by atoms with Crippen LogP contribution in [0.2, 0.25) is 0 Å². The molecule has 0 aliphatic heterocycles. The molecule has 0 unspecified atom stereocenters. The number of hydrogen-bond donors (Lipinski definition) is 3. The van der Waals surface area contributed by atoms with E-state index in [9.17, 15) is 47.9 Å². The van der Waals surface area contributed by atoms with Crippen LogP contribution >= 0.6 is 0 Å². The number of hydrogen-bond acceptors (Lipinski definition) is 15. The number of pyridine rings is 4. The Morgan fingerprint density at radius 3 is 1.20 bits per heavy atom. The summed E-state index contributed by atoms with van der Waals surface area (Å²) < 4.78 is 9.93. The van der Waals surface area contributed by atoms with E-state index in [1.807, 2.05) is 0 Å². The van der Waals surface area contributed by atoms with Crippen molar-refractivity contribution in [1.82, 2.24) is 48.2 Å². The third-order valence-corrected chi connectivity index (χ3v) is 8.72. The van der Waals surface area contributed by atoms with E-state index >= 15 is 0 Å². The first-order valence-electron chi connectivity index (χ1n) is 19.4. The summed E-state index contributed by atoms with van der Waals surface area (Å²) in [6.07, 6.45) is 11.1. The monoisotopic (exact) mass is 898 g/mol. The maximum Gasteiger partial charge on any atom is 0.345 e. The average Bonchev–Trinajstić information content (AvgIpc) is 3.31. The van der Waals surface area contributed by atoms with E-state index in [1.165, 1.54) is 62.4 Å². The maximum absolute atomic E-state index is 12.0. The van der Waals surface area contributed by atoms with Crippen LogP contribution in [-0.2, 0) is 14.3 Å². The molecule has 22 nitrogen and oxygen atoms in total. The molecule has 0 spiro atoms. The minimum Gasteiger partial charge on any atom is -0.480 e. The first-order valence-corrected chi connectivity index (χ1v) is 19.4. The molecule has 8 aromatic heterocycles. The highest BCUT2D eigenvalue weighted by Gasteiger charge is 2.16. The lowest BCUT2D eigenvalue weighted by atomic mass is 10.2. The van der Waals surface area contributed by atoms with E-state index < -0.39 is 47.0 Å². The fourth-order valence-electron chi connectivity index (χ4n) is 5.56. The van der Waals surface area contributed by atoms with Crippen LogP contribution in [0.15, 0.2) is 142 Å². The molecule has 3 N–H and O–H groups in total. The number of fused-ring (bicyclic) bond motifs is 4. The van der Waals surface area contributed by atoms with E-state index in [1.54, 1.807) is 92.1 Å². The van der Waals surface area contributed by atoms with Crippen LogP contribution in [0.5, 0.6) is 0 Å². The molecule has 0 aromatic carbocycles. The van der Waals surface area contributed by atoms with Crippen LogP contribution in [0.1, 0.15) is 62.2 Å². The molecule has 0 aliphatic carbocycles. The fraction of sp³-hybridized carbons (Fsp3) is 0.136. The summed E-state index contributed by atoms with van der Waals surface area (Å²) in [5, 5.41) is 12.9. The molecular weight excluding hydrogens is 861 g/mol. The van der Waals surface area contributed by atoms with Crippen LogP contribution in [0.4, 0.5) is 0 Å². The molecule has 2 amide bonds. The number of carbonyl (C=O) groups excluding carboxylic acids is 5. The Labute approximate surface area is 370 Å². The minimum atomic E-state index is -1.18. The summed E-state index contributed by atoms with van der Waals surface area (Å²) in [5.74, 6) is -3.62. The number of ether oxygens (including phenoxy) is 1. The molecule has 22 heteroatoms. The Morgan fingerprint density at radius 2 is 0.848 bits per heavy atom. The Morgan fingerprint density at radius 1 is 0.515 bits per heavy atom. The molecule has 336 valence electrons. The first kappa shape index (κ1) is 47.7. The third kappa shape index (κ3) is 11.8. The van der Waals surface area contributed by atoms with E-state index in [0.717, 1.165) is 6.20 Å². The van der Waals surface area contributed by atoms with Gasteiger partial charge < -0.3 is 20.5 Å². The largest absolute Gasteiger partial charge is 0.480 e. The highest BCUT2D eigenvalue weighted by molar-refractivity contribution is 5.96. The number of esters is 1. The summed E-state index contributed by atoms with van der Waals surface area (Å²) in [7, 11) is 0. The van der Waals surface area contributed by atoms with Crippen LogP contribution < -0.4 is 32.9 Å². The molecule has 8 heterocycles. The van der Waals surface area contributed by atoms with Gasteiger partial charge in [-0.1, -0.05) is 24.3 Å². The minimum absolute atomic E-state index is 0.0504. The van der Waals surface area contributed by atoms with E-state index in [-0.39, 0.29) is 52.5 Å². The highest BCUT2D eigenvalue weighted by atomic mass is 16.5. The maximum atomic E-state index is 12.0. The van der Waals surface area contributed by atoms with Crippen molar-refractivity contribution in [2.24, 2.45) is 0 Å². The van der Waals surface area contributed by atoms with Crippen LogP contribution in [0.25, 0.3) is 22.6 Å². The summed E-state index contributed by atoms with van der Waals surface area (Å²) in [6, 6.07) is 20.4. The number of amides is 2. The predicted molar refractivity (Wildman–Crippen MR) is 235 cm³/mol. The van der Waals surface area contributed by atoms with Gasteiger partial charge in [0.15, 0.2) is 5.78 Å². The number of nitrogens with zero attached hydrogens (tertiary/aromatic N) is 8. The number of rotatable bonds is 9. The normalized spacial score (nSPS) is 10.3. The van der Waals surface area contributed by atoms with Crippen molar-refractivity contribution in [3.8, 4) is 0 Å². The average molecular weight is 899 g/mol. The molecule has 0 aliphatic rings. The van der Waals surface area contributed by atoms with Gasteiger partial charge in [0.1, 0.15) is 57.2 Å². The molecule has 8 aromatic rings. The quantitative estimate of drug-likeness (QED) is 0.136. The van der Waals surface area contributed by atoms with Crippen molar-refractivity contribution in [3.05, 3.63) is 186 Å². The van der Waals surface area contributed by atoms with Gasteiger partial charge >= 0.3 is 11.9 Å². The standard InChI is InChI=1S/C12H11N3O3.C11H9N3O4.C11H10N2O3.C10H8N2O2/c1-8(16)6-14-11(17)9-7-13-10-4-2-3-5-15(10)12(9)18;15-9(16)6-13-10(17)7-5-12-8-3-1-2-4-14(8)11(7)18;1-2-16-11(15)8-7-12-9-5-3-4-6-13(9)10(8)14;1-7(13)8-6-11-9-4-2-3-5-12(9)10(8)14/h2-5,7H,6H2,1H3,(H,14,17);1-5H,6H2,(H,13,17)(H,15,16);3-7H,2H2,1H3;2-6H,1H3. The van der Waals surface area contributed by atoms with Crippen LogP contribution in [0, 0.1) is 0 Å². The Kier molecular flexibility index (Phi) is 16.0. The van der Waals surface area contributed by atoms with Crippen molar-refractivity contribution in [1.29, 1.82) is 0 Å². The second-order valence-electron chi connectivity index (χ2n) is 13.4. The molecule has 0 bridgehead atoms. The van der Waals surface area contributed by atoms with Crippen molar-refractivity contribution in [2.75, 3.05) is 19.7 Å². The van der Waals surface area contributed by atoms with Gasteiger partial charge in [-0.15, -0.1) is 0 Å². The summed E-state index contributed by atoms with van der Waals surface area (Å²) in [6.45, 7) is 3.98. The number of carboxylic acids is 1. The summed E-state index contributed by atoms with van der Waals surface area (Å²) in [4.78, 5) is 130. The van der Waals surface area contributed by atoms with Gasteiger partial charge in [-0.2, -0.15) is 0 Å². The van der Waals surface area contributed by atoms with Gasteiger partial charge in [0, 0.05) is 49.6 Å². The number of aromatic nitrogens is 8. The van der Waals surface area contributed by atoms with E-state index in [4.69, 9.17) is 9.84 Å².